The minimum atomic E-state index is 0.0760. The molecule has 1 fully saturated rings. The molecule has 0 saturated carbocycles. The molecule has 0 aromatic rings. The van der Waals surface area contributed by atoms with Gasteiger partial charge in [0.15, 0.2) is 0 Å². The number of aliphatic hydroxyl groups is 1. The lowest BCUT2D eigenvalue weighted by Gasteiger charge is -2.37. The van der Waals surface area contributed by atoms with Crippen LogP contribution in [0.2, 0.25) is 0 Å². The summed E-state index contributed by atoms with van der Waals surface area (Å²) >= 11 is 0. The third-order valence-electron chi connectivity index (χ3n) is 3.02. The fraction of sp³-hybridized carbons (Fsp3) is 1.00. The molecule has 0 aromatic heterocycles. The summed E-state index contributed by atoms with van der Waals surface area (Å²) in [5, 5.41) is 11.7. The van der Waals surface area contributed by atoms with Gasteiger partial charge >= 0.3 is 0 Å². The Balaban J connectivity index is 2.36. The van der Waals surface area contributed by atoms with Gasteiger partial charge in [0.1, 0.15) is 0 Å². The molecule has 1 saturated heterocycles. The van der Waals surface area contributed by atoms with Gasteiger partial charge < -0.3 is 9.84 Å². The van der Waals surface area contributed by atoms with Crippen LogP contribution in [0.15, 0.2) is 0 Å². The zero-order valence-electron chi connectivity index (χ0n) is 8.68. The Bertz CT molecular complexity index is 142. The molecule has 0 bridgehead atoms. The first-order chi connectivity index (χ1) is 6.17. The molecule has 1 rings (SSSR count). The zero-order chi connectivity index (χ0) is 9.73. The molecule has 0 unspecified atom stereocenters. The van der Waals surface area contributed by atoms with E-state index in [1.807, 2.05) is 0 Å². The molecular formula is C10H21NO2. The lowest BCUT2D eigenvalue weighted by atomic mass is 9.74. The predicted molar refractivity (Wildman–Crippen MR) is 52.4 cm³/mol. The summed E-state index contributed by atoms with van der Waals surface area (Å²) < 4.78 is 5.33. The van der Waals surface area contributed by atoms with Crippen LogP contribution in [-0.2, 0) is 4.74 Å². The second kappa shape index (κ2) is 4.94. The molecule has 0 radical (unpaired) electrons. The smallest absolute Gasteiger partial charge is 0.0931 e. The highest BCUT2D eigenvalue weighted by atomic mass is 16.5. The molecule has 3 heteroatoms. The summed E-state index contributed by atoms with van der Waals surface area (Å²) in [5.41, 5.74) is 0.270. The van der Waals surface area contributed by atoms with Crippen LogP contribution < -0.4 is 5.32 Å². The molecule has 1 heterocycles. The van der Waals surface area contributed by atoms with Gasteiger partial charge in [0, 0.05) is 19.8 Å². The average molecular weight is 187 g/mol. The zero-order valence-corrected chi connectivity index (χ0v) is 8.68. The number of aliphatic hydroxyl groups excluding tert-OH is 1. The van der Waals surface area contributed by atoms with Crippen molar-refractivity contribution in [3.63, 3.8) is 0 Å². The second-order valence-electron chi connectivity index (χ2n) is 4.46. The summed E-state index contributed by atoms with van der Waals surface area (Å²) in [7, 11) is 0. The molecule has 3 nitrogen and oxygen atoms in total. The van der Waals surface area contributed by atoms with Crippen molar-refractivity contribution in [2.24, 2.45) is 11.3 Å². The van der Waals surface area contributed by atoms with E-state index in [-0.39, 0.29) is 12.1 Å². The van der Waals surface area contributed by atoms with Crippen molar-refractivity contribution in [1.29, 1.82) is 0 Å². The topological polar surface area (TPSA) is 41.5 Å². The standard InChI is InChI=1S/C10H21NO2/c1-10(2,7-11-8-12)9-3-5-13-6-4-9/h9,11-12H,3-8H2,1-2H3. The number of nitrogens with one attached hydrogen (secondary N) is 1. The lowest BCUT2D eigenvalue weighted by Crippen LogP contribution is -2.38. The van der Waals surface area contributed by atoms with Crippen molar-refractivity contribution >= 4 is 0 Å². The highest BCUT2D eigenvalue weighted by molar-refractivity contribution is 4.81. The monoisotopic (exact) mass is 187 g/mol. The molecule has 0 atom stereocenters. The van der Waals surface area contributed by atoms with Crippen LogP contribution >= 0.6 is 0 Å². The highest BCUT2D eigenvalue weighted by Gasteiger charge is 2.30. The van der Waals surface area contributed by atoms with Crippen LogP contribution in [0.3, 0.4) is 0 Å². The van der Waals surface area contributed by atoms with Gasteiger partial charge in [-0.1, -0.05) is 13.8 Å². The van der Waals surface area contributed by atoms with Gasteiger partial charge in [0.2, 0.25) is 0 Å². The molecule has 78 valence electrons. The molecular weight excluding hydrogens is 166 g/mol. The van der Waals surface area contributed by atoms with E-state index in [4.69, 9.17) is 9.84 Å². The first-order valence-corrected chi connectivity index (χ1v) is 5.06. The van der Waals surface area contributed by atoms with Gasteiger partial charge in [0.05, 0.1) is 6.73 Å². The van der Waals surface area contributed by atoms with Crippen LogP contribution in [0, 0.1) is 11.3 Å². The third kappa shape index (κ3) is 3.25. The molecule has 13 heavy (non-hydrogen) atoms. The third-order valence-corrected chi connectivity index (χ3v) is 3.02. The van der Waals surface area contributed by atoms with E-state index in [9.17, 15) is 0 Å². The van der Waals surface area contributed by atoms with Gasteiger partial charge in [-0.2, -0.15) is 0 Å². The molecule has 2 N–H and O–H groups in total. The van der Waals surface area contributed by atoms with Crippen molar-refractivity contribution in [2.45, 2.75) is 26.7 Å². The summed E-state index contributed by atoms with van der Waals surface area (Å²) in [4.78, 5) is 0. The average Bonchev–Trinajstić information content (AvgIpc) is 2.16. The van der Waals surface area contributed by atoms with Crippen molar-refractivity contribution in [2.75, 3.05) is 26.5 Å². The van der Waals surface area contributed by atoms with Crippen LogP contribution in [0.25, 0.3) is 0 Å². The number of hydrogen-bond donors (Lipinski definition) is 2. The van der Waals surface area contributed by atoms with E-state index >= 15 is 0 Å². The van der Waals surface area contributed by atoms with E-state index in [1.54, 1.807) is 0 Å². The Morgan fingerprint density at radius 3 is 2.54 bits per heavy atom. The van der Waals surface area contributed by atoms with Crippen LogP contribution in [0.5, 0.6) is 0 Å². The largest absolute Gasteiger partial charge is 0.381 e. The Labute approximate surface area is 80.5 Å². The minimum absolute atomic E-state index is 0.0760. The first-order valence-electron chi connectivity index (χ1n) is 5.06. The van der Waals surface area contributed by atoms with Gasteiger partial charge in [-0.3, -0.25) is 5.32 Å². The summed E-state index contributed by atoms with van der Waals surface area (Å²) in [6.07, 6.45) is 2.31. The molecule has 0 amide bonds. The van der Waals surface area contributed by atoms with E-state index < -0.39 is 0 Å². The number of ether oxygens (including phenoxy) is 1. The normalized spacial score (nSPS) is 20.5. The SMILES string of the molecule is CC(C)(CNCO)C1CCOCC1. The van der Waals surface area contributed by atoms with Crippen molar-refractivity contribution < 1.29 is 9.84 Å². The Kier molecular flexibility index (Phi) is 4.16. The van der Waals surface area contributed by atoms with Gasteiger partial charge in [-0.05, 0) is 24.2 Å². The van der Waals surface area contributed by atoms with Gasteiger partial charge in [0.25, 0.3) is 0 Å². The fourth-order valence-corrected chi connectivity index (χ4v) is 2.00. The molecule has 1 aliphatic rings. The van der Waals surface area contributed by atoms with E-state index in [2.05, 4.69) is 19.2 Å². The first kappa shape index (κ1) is 11.0. The predicted octanol–water partition coefficient (Wildman–Crippen LogP) is 0.979. The maximum Gasteiger partial charge on any atom is 0.0931 e. The van der Waals surface area contributed by atoms with Crippen LogP contribution in [0.4, 0.5) is 0 Å². The second-order valence-corrected chi connectivity index (χ2v) is 4.46. The number of hydrogen-bond acceptors (Lipinski definition) is 3. The van der Waals surface area contributed by atoms with Crippen molar-refractivity contribution in [3.8, 4) is 0 Å². The lowest BCUT2D eigenvalue weighted by molar-refractivity contribution is 0.0209. The molecule has 1 aliphatic heterocycles. The summed E-state index contributed by atoms with van der Waals surface area (Å²) in [5.74, 6) is 0.722. The maximum absolute atomic E-state index is 8.69. The van der Waals surface area contributed by atoms with Gasteiger partial charge in [-0.15, -0.1) is 0 Å². The van der Waals surface area contributed by atoms with E-state index in [0.29, 0.717) is 0 Å². The van der Waals surface area contributed by atoms with E-state index in [0.717, 1.165) is 38.5 Å². The Morgan fingerprint density at radius 2 is 2.00 bits per heavy atom. The molecule has 0 spiro atoms. The van der Waals surface area contributed by atoms with Crippen molar-refractivity contribution in [1.82, 2.24) is 5.32 Å². The number of rotatable bonds is 4. The molecule has 0 aromatic carbocycles. The van der Waals surface area contributed by atoms with Crippen molar-refractivity contribution in [3.05, 3.63) is 0 Å². The quantitative estimate of drug-likeness (QED) is 0.645. The van der Waals surface area contributed by atoms with Gasteiger partial charge in [-0.25, -0.2) is 0 Å². The summed E-state index contributed by atoms with van der Waals surface area (Å²) in [6.45, 7) is 7.26. The van der Waals surface area contributed by atoms with E-state index in [1.165, 1.54) is 0 Å². The Hall–Kier alpha value is -0.120. The minimum Gasteiger partial charge on any atom is -0.381 e. The van der Waals surface area contributed by atoms with Crippen LogP contribution in [0.1, 0.15) is 26.7 Å². The fourth-order valence-electron chi connectivity index (χ4n) is 2.00. The molecule has 0 aliphatic carbocycles. The maximum atomic E-state index is 8.69. The summed E-state index contributed by atoms with van der Waals surface area (Å²) in [6, 6.07) is 0. The van der Waals surface area contributed by atoms with Crippen LogP contribution in [-0.4, -0.2) is 31.6 Å². The highest BCUT2D eigenvalue weighted by Crippen LogP contribution is 2.33. The Morgan fingerprint density at radius 1 is 1.38 bits per heavy atom.